The van der Waals surface area contributed by atoms with Gasteiger partial charge >= 0.3 is 17.9 Å². The molecule has 2 aliphatic rings. The van der Waals surface area contributed by atoms with E-state index in [0.717, 1.165) is 5.56 Å². The van der Waals surface area contributed by atoms with Crippen LogP contribution in [-0.2, 0) is 39.4 Å². The van der Waals surface area contributed by atoms with Gasteiger partial charge in [0.1, 0.15) is 24.4 Å². The van der Waals surface area contributed by atoms with E-state index in [0.29, 0.717) is 12.0 Å². The molecule has 1 aromatic rings. The smallest absolute Gasteiger partial charge is 0.342 e. The molecule has 1 aromatic carbocycles. The van der Waals surface area contributed by atoms with Crippen molar-refractivity contribution in [3.63, 3.8) is 0 Å². The standard InChI is InChI=1S/C31H46O12Si/c1-17(2)28(6,7)44-42-25-24(34)31(27(37)38)30(39,26(35)36)22(16-32)41-29(25,43-31)14-13-18(3)23(40-20(5)33)19(4)15-21-11-9-8-10-12-21/h8-12,17,19,22-25,32,34,39H,3,13-16,44H2,1-2,4-7H3,(H,35,36)(H,37,38). The van der Waals surface area contributed by atoms with Crippen molar-refractivity contribution in [2.45, 2.75) is 107 Å². The Morgan fingerprint density at radius 3 is 2.23 bits per heavy atom. The van der Waals surface area contributed by atoms with Gasteiger partial charge in [0, 0.05) is 19.3 Å². The average molecular weight is 639 g/mol. The molecule has 44 heavy (non-hydrogen) atoms. The molecule has 0 aromatic heterocycles. The monoisotopic (exact) mass is 638 g/mol. The maximum atomic E-state index is 12.8. The highest BCUT2D eigenvalue weighted by molar-refractivity contribution is 6.32. The molecule has 8 unspecified atom stereocenters. The van der Waals surface area contributed by atoms with Gasteiger partial charge in [0.25, 0.3) is 0 Å². The van der Waals surface area contributed by atoms with Crippen LogP contribution >= 0.6 is 0 Å². The minimum atomic E-state index is -3.37. The molecule has 2 heterocycles. The van der Waals surface area contributed by atoms with Gasteiger partial charge in [-0.15, -0.1) is 0 Å². The normalized spacial score (nSPS) is 31.6. The second-order valence-electron chi connectivity index (χ2n) is 13.0. The highest BCUT2D eigenvalue weighted by Crippen LogP contribution is 2.56. The summed E-state index contributed by atoms with van der Waals surface area (Å²) in [6, 6.07) is 9.58. The number of hydrogen-bond acceptors (Lipinski definition) is 10. The molecular weight excluding hydrogens is 592 g/mol. The molecule has 2 aliphatic heterocycles. The summed E-state index contributed by atoms with van der Waals surface area (Å²) in [6.45, 7) is 14.1. The van der Waals surface area contributed by atoms with Crippen LogP contribution in [0.5, 0.6) is 0 Å². The fourth-order valence-electron chi connectivity index (χ4n) is 5.90. The topological polar surface area (TPSA) is 189 Å². The molecule has 3 rings (SSSR count). The Morgan fingerprint density at radius 2 is 1.73 bits per heavy atom. The minimum Gasteiger partial charge on any atom is -0.479 e. The Bertz CT molecular complexity index is 1220. The summed E-state index contributed by atoms with van der Waals surface area (Å²) < 4.78 is 23.8. The number of hydrogen-bond donors (Lipinski definition) is 5. The van der Waals surface area contributed by atoms with Crippen LogP contribution in [0.2, 0.25) is 5.04 Å². The van der Waals surface area contributed by atoms with Gasteiger partial charge in [-0.25, -0.2) is 9.59 Å². The number of carbonyl (C=O) groups excluding carboxylic acids is 1. The predicted octanol–water partition coefficient (Wildman–Crippen LogP) is 1.57. The van der Waals surface area contributed by atoms with Crippen molar-refractivity contribution in [3.05, 3.63) is 48.0 Å². The number of rotatable bonds is 15. The van der Waals surface area contributed by atoms with Gasteiger partial charge in [-0.1, -0.05) is 71.5 Å². The Labute approximate surface area is 259 Å². The van der Waals surface area contributed by atoms with Crippen molar-refractivity contribution < 1.29 is 58.6 Å². The summed E-state index contributed by atoms with van der Waals surface area (Å²) in [7, 11) is -1.58. The Balaban J connectivity index is 2.02. The van der Waals surface area contributed by atoms with Crippen LogP contribution in [0.3, 0.4) is 0 Å². The number of ether oxygens (including phenoxy) is 3. The molecule has 12 nitrogen and oxygen atoms in total. The SMILES string of the molecule is C=C(CCC12OC(CO)C(O)(C(=O)O)C(C(=O)O)(O1)C(O)C2O[SiH2]C(C)(C)C(C)C)C(OC(C)=O)C(C)Cc1ccccc1. The van der Waals surface area contributed by atoms with Crippen molar-refractivity contribution in [2.24, 2.45) is 11.8 Å². The van der Waals surface area contributed by atoms with Gasteiger partial charge < -0.3 is 44.2 Å². The number of aliphatic hydroxyl groups excluding tert-OH is 2. The van der Waals surface area contributed by atoms with Gasteiger partial charge in [0.2, 0.25) is 11.2 Å². The lowest BCUT2D eigenvalue weighted by Gasteiger charge is -2.50. The van der Waals surface area contributed by atoms with Gasteiger partial charge in [0.15, 0.2) is 15.6 Å². The Morgan fingerprint density at radius 1 is 1.11 bits per heavy atom. The molecule has 2 saturated heterocycles. The molecule has 0 spiro atoms. The third-order valence-corrected chi connectivity index (χ3v) is 11.3. The quantitative estimate of drug-likeness (QED) is 0.106. The number of carbonyl (C=O) groups is 3. The molecule has 8 atom stereocenters. The first-order valence-electron chi connectivity index (χ1n) is 14.8. The number of benzene rings is 1. The van der Waals surface area contributed by atoms with E-state index >= 15 is 0 Å². The molecule has 2 fully saturated rings. The molecule has 0 radical (unpaired) electrons. The summed E-state index contributed by atoms with van der Waals surface area (Å²) in [6.07, 6.45) is -6.14. The van der Waals surface area contributed by atoms with E-state index in [2.05, 4.69) is 6.58 Å². The molecule has 0 saturated carbocycles. The molecule has 0 aliphatic carbocycles. The van der Waals surface area contributed by atoms with Crippen molar-refractivity contribution in [2.75, 3.05) is 6.61 Å². The van der Waals surface area contributed by atoms with Crippen molar-refractivity contribution in [3.8, 4) is 0 Å². The van der Waals surface area contributed by atoms with E-state index in [-0.39, 0.29) is 29.7 Å². The fraction of sp³-hybridized carbons (Fsp3) is 0.645. The zero-order valence-electron chi connectivity index (χ0n) is 26.2. The number of carboxylic acids is 2. The van der Waals surface area contributed by atoms with E-state index in [9.17, 15) is 39.9 Å². The molecule has 13 heteroatoms. The number of fused-ring (bicyclic) bond motifs is 2. The number of esters is 1. The van der Waals surface area contributed by atoms with Crippen molar-refractivity contribution in [1.29, 1.82) is 0 Å². The minimum absolute atomic E-state index is 0.0120. The zero-order valence-corrected chi connectivity index (χ0v) is 27.6. The molecule has 5 N–H and O–H groups in total. The van der Waals surface area contributed by atoms with E-state index in [1.165, 1.54) is 6.92 Å². The fourth-order valence-corrected chi connectivity index (χ4v) is 7.27. The molecule has 2 bridgehead atoms. The van der Waals surface area contributed by atoms with Crippen LogP contribution in [0.25, 0.3) is 0 Å². The largest absolute Gasteiger partial charge is 0.479 e. The van der Waals surface area contributed by atoms with Gasteiger partial charge in [-0.3, -0.25) is 4.79 Å². The lowest BCUT2D eigenvalue weighted by Crippen LogP contribution is -2.77. The second-order valence-corrected chi connectivity index (χ2v) is 15.4. The Kier molecular flexibility index (Phi) is 10.9. The van der Waals surface area contributed by atoms with Crippen LogP contribution in [0.15, 0.2) is 42.5 Å². The predicted molar refractivity (Wildman–Crippen MR) is 160 cm³/mol. The maximum Gasteiger partial charge on any atom is 0.342 e. The van der Waals surface area contributed by atoms with Crippen LogP contribution in [-0.4, -0.2) is 101 Å². The maximum absolute atomic E-state index is 12.8. The lowest BCUT2D eigenvalue weighted by atomic mass is 9.75. The second kappa shape index (κ2) is 13.4. The first-order chi connectivity index (χ1) is 20.4. The van der Waals surface area contributed by atoms with Crippen LogP contribution in [0.4, 0.5) is 0 Å². The highest BCUT2D eigenvalue weighted by atomic mass is 28.2. The number of aliphatic hydroxyl groups is 3. The average Bonchev–Trinajstić information content (AvgIpc) is 3.17. The first kappa shape index (κ1) is 35.8. The van der Waals surface area contributed by atoms with Crippen molar-refractivity contribution in [1.82, 2.24) is 0 Å². The van der Waals surface area contributed by atoms with E-state index < -0.39 is 75.7 Å². The Hall–Kier alpha value is -2.65. The first-order valence-corrected chi connectivity index (χ1v) is 16.0. The number of carboxylic acid groups (broad SMARTS) is 2. The van der Waals surface area contributed by atoms with Crippen LogP contribution < -0.4 is 0 Å². The number of aliphatic carboxylic acids is 2. The molecular formula is C31H46O12Si. The van der Waals surface area contributed by atoms with Crippen LogP contribution in [0.1, 0.15) is 59.9 Å². The summed E-state index contributed by atoms with van der Waals surface area (Å²) in [4.78, 5) is 37.3. The molecule has 0 amide bonds. The summed E-state index contributed by atoms with van der Waals surface area (Å²) in [5.41, 5.74) is -5.06. The third-order valence-electron chi connectivity index (χ3n) is 9.26. The zero-order chi connectivity index (χ0) is 33.3. The van der Waals surface area contributed by atoms with Gasteiger partial charge in [-0.2, -0.15) is 0 Å². The molecule has 246 valence electrons. The summed E-state index contributed by atoms with van der Waals surface area (Å²) in [5.74, 6) is -6.71. The summed E-state index contributed by atoms with van der Waals surface area (Å²) in [5, 5.41) is 53.0. The van der Waals surface area contributed by atoms with Crippen LogP contribution in [0, 0.1) is 11.8 Å². The highest BCUT2D eigenvalue weighted by Gasteiger charge is 2.83. The van der Waals surface area contributed by atoms with E-state index in [1.807, 2.05) is 65.0 Å². The van der Waals surface area contributed by atoms with E-state index in [1.54, 1.807) is 0 Å². The van der Waals surface area contributed by atoms with Crippen molar-refractivity contribution >= 4 is 27.7 Å². The van der Waals surface area contributed by atoms with E-state index in [4.69, 9.17) is 18.6 Å². The van der Waals surface area contributed by atoms with Gasteiger partial charge in [-0.05, 0) is 34.9 Å². The summed E-state index contributed by atoms with van der Waals surface area (Å²) >= 11 is 0. The third kappa shape index (κ3) is 6.36. The lowest BCUT2D eigenvalue weighted by molar-refractivity contribution is -0.381. The van der Waals surface area contributed by atoms with Gasteiger partial charge in [0.05, 0.1) is 6.61 Å².